The summed E-state index contributed by atoms with van der Waals surface area (Å²) in [5, 5.41) is 39.7. The molecule has 1 N–H and O–H groups in total. The summed E-state index contributed by atoms with van der Waals surface area (Å²) in [6.07, 6.45) is 0.402. The van der Waals surface area contributed by atoms with Gasteiger partial charge in [-0.3, -0.25) is 0 Å². The Balaban J connectivity index is 3.19. The molecule has 0 aliphatic heterocycles. The minimum atomic E-state index is -1.36. The highest BCUT2D eigenvalue weighted by Crippen LogP contribution is 2.49. The Morgan fingerprint density at radius 1 is 1.00 bits per heavy atom. The molecule has 0 bridgehead atoms. The van der Waals surface area contributed by atoms with Crippen LogP contribution < -0.4 is 5.43 Å². The quantitative estimate of drug-likeness (QED) is 0.786. The van der Waals surface area contributed by atoms with Crippen LogP contribution in [0.3, 0.4) is 0 Å². The lowest BCUT2D eigenvalue weighted by molar-refractivity contribution is 0.0588. The van der Waals surface area contributed by atoms with Crippen molar-refractivity contribution >= 4 is 0 Å². The molecule has 0 unspecified atom stereocenters. The summed E-state index contributed by atoms with van der Waals surface area (Å²) in [5.74, 6) is -0.199. The van der Waals surface area contributed by atoms with Crippen LogP contribution in [0.2, 0.25) is 0 Å². The van der Waals surface area contributed by atoms with Gasteiger partial charge in [-0.15, -0.1) is 0 Å². The summed E-state index contributed by atoms with van der Waals surface area (Å²) in [4.78, 5) is 0. The van der Waals surface area contributed by atoms with Gasteiger partial charge in [-0.2, -0.15) is 21.0 Å². The smallest absolute Gasteiger partial charge is 0.162 e. The maximum atomic E-state index is 9.53. The van der Waals surface area contributed by atoms with Crippen molar-refractivity contribution < 1.29 is 0 Å². The Bertz CT molecular complexity index is 508. The van der Waals surface area contributed by atoms with E-state index in [0.717, 1.165) is 13.1 Å². The van der Waals surface area contributed by atoms with Crippen molar-refractivity contribution in [1.82, 2.24) is 10.4 Å². The molecule has 21 heavy (non-hydrogen) atoms. The Morgan fingerprint density at radius 2 is 1.48 bits per heavy atom. The van der Waals surface area contributed by atoms with Gasteiger partial charge in [-0.1, -0.05) is 20.8 Å². The monoisotopic (exact) mass is 284 g/mol. The molecule has 1 fully saturated rings. The molecular formula is C15H20N6. The Morgan fingerprint density at radius 3 is 1.86 bits per heavy atom. The van der Waals surface area contributed by atoms with E-state index in [2.05, 4.69) is 17.6 Å². The number of rotatable bonds is 4. The second-order valence-corrected chi connectivity index (χ2v) is 5.56. The largest absolute Gasteiger partial charge is 0.249 e. The van der Waals surface area contributed by atoms with Crippen molar-refractivity contribution in [2.24, 2.45) is 16.7 Å². The first-order valence-electron chi connectivity index (χ1n) is 7.13. The Hall–Kier alpha value is -2.12. The minimum Gasteiger partial charge on any atom is -0.249 e. The number of nitrogens with zero attached hydrogens (tertiary/aromatic N) is 5. The van der Waals surface area contributed by atoms with E-state index in [1.807, 2.05) is 37.9 Å². The highest BCUT2D eigenvalue weighted by atomic mass is 15.5. The summed E-state index contributed by atoms with van der Waals surface area (Å²) in [5.41, 5.74) is 0.602. The molecule has 1 rings (SSSR count). The maximum absolute atomic E-state index is 9.53. The zero-order chi connectivity index (χ0) is 16.1. The molecule has 6 heteroatoms. The predicted octanol–water partition coefficient (Wildman–Crippen LogP) is 1.70. The van der Waals surface area contributed by atoms with Gasteiger partial charge < -0.3 is 0 Å². The fourth-order valence-electron chi connectivity index (χ4n) is 2.87. The van der Waals surface area contributed by atoms with Crippen LogP contribution in [0.4, 0.5) is 0 Å². The van der Waals surface area contributed by atoms with Gasteiger partial charge in [-0.05, 0) is 12.3 Å². The van der Waals surface area contributed by atoms with E-state index in [1.54, 1.807) is 0 Å². The normalized spacial score (nSPS) is 26.1. The third-order valence-corrected chi connectivity index (χ3v) is 4.48. The molecule has 6 nitrogen and oxygen atoms in total. The molecule has 110 valence electrons. The third-order valence-electron chi connectivity index (χ3n) is 4.48. The molecule has 0 spiro atoms. The standard InChI is InChI=1S/C15H20N6/c1-4-21(5-2)20-13-6-12(3)14(8-16,9-17)7-15(13,10-18)11-19/h12-13,20H,4-7H2,1-3H3/t12-,13-/m0/s1. The van der Waals surface area contributed by atoms with E-state index in [4.69, 9.17) is 0 Å². The molecule has 0 aromatic rings. The lowest BCUT2D eigenvalue weighted by Gasteiger charge is -2.44. The lowest BCUT2D eigenvalue weighted by Crippen LogP contribution is -2.58. The summed E-state index contributed by atoms with van der Waals surface area (Å²) in [6.45, 7) is 7.30. The number of nitrogens with one attached hydrogen (secondary N) is 1. The van der Waals surface area contributed by atoms with E-state index in [0.29, 0.717) is 6.42 Å². The topological polar surface area (TPSA) is 110 Å². The van der Waals surface area contributed by atoms with E-state index >= 15 is 0 Å². The van der Waals surface area contributed by atoms with E-state index in [-0.39, 0.29) is 18.4 Å². The van der Waals surface area contributed by atoms with Crippen molar-refractivity contribution in [2.45, 2.75) is 39.7 Å². The first kappa shape index (κ1) is 16.9. The van der Waals surface area contributed by atoms with Crippen LogP contribution in [-0.4, -0.2) is 24.1 Å². The van der Waals surface area contributed by atoms with Crippen molar-refractivity contribution in [3.8, 4) is 24.3 Å². The summed E-state index contributed by atoms with van der Waals surface area (Å²) >= 11 is 0. The molecule has 1 saturated carbocycles. The Kier molecular flexibility index (Phi) is 5.28. The molecule has 1 aliphatic carbocycles. The van der Waals surface area contributed by atoms with Crippen LogP contribution in [-0.2, 0) is 0 Å². The number of hydrazine groups is 1. The van der Waals surface area contributed by atoms with Crippen LogP contribution >= 0.6 is 0 Å². The molecule has 2 atom stereocenters. The molecule has 1 aliphatic rings. The van der Waals surface area contributed by atoms with Gasteiger partial charge in [0.15, 0.2) is 5.41 Å². The van der Waals surface area contributed by atoms with E-state index in [1.165, 1.54) is 0 Å². The molecule has 0 heterocycles. The molecule has 0 aromatic carbocycles. The van der Waals surface area contributed by atoms with Gasteiger partial charge in [0, 0.05) is 19.5 Å². The summed E-state index contributed by atoms with van der Waals surface area (Å²) in [7, 11) is 0. The SMILES string of the molecule is CCN(CC)N[C@H]1C[C@H](C)C(C#N)(C#N)CC1(C#N)C#N. The van der Waals surface area contributed by atoms with Crippen molar-refractivity contribution in [3.05, 3.63) is 0 Å². The predicted molar refractivity (Wildman–Crippen MR) is 75.6 cm³/mol. The molecule has 0 saturated heterocycles. The van der Waals surface area contributed by atoms with Crippen molar-refractivity contribution in [2.75, 3.05) is 13.1 Å². The second-order valence-electron chi connectivity index (χ2n) is 5.56. The first-order chi connectivity index (χ1) is 9.97. The zero-order valence-electron chi connectivity index (χ0n) is 12.7. The van der Waals surface area contributed by atoms with Gasteiger partial charge in [0.05, 0.1) is 30.3 Å². The summed E-state index contributed by atoms with van der Waals surface area (Å²) < 4.78 is 0. The van der Waals surface area contributed by atoms with Crippen LogP contribution in [0.1, 0.15) is 33.6 Å². The fourth-order valence-corrected chi connectivity index (χ4v) is 2.87. The van der Waals surface area contributed by atoms with Gasteiger partial charge >= 0.3 is 0 Å². The molecule has 0 amide bonds. The van der Waals surface area contributed by atoms with Crippen molar-refractivity contribution in [3.63, 3.8) is 0 Å². The van der Waals surface area contributed by atoms with E-state index in [9.17, 15) is 21.0 Å². The number of hydrogen-bond acceptors (Lipinski definition) is 6. The molecule has 0 radical (unpaired) electrons. The minimum absolute atomic E-state index is 0.0416. The van der Waals surface area contributed by atoms with Gasteiger partial charge in [0.1, 0.15) is 5.41 Å². The highest BCUT2D eigenvalue weighted by Gasteiger charge is 2.56. The summed E-state index contributed by atoms with van der Waals surface area (Å²) in [6, 6.07) is 7.82. The second kappa shape index (κ2) is 6.55. The first-order valence-corrected chi connectivity index (χ1v) is 7.13. The average molecular weight is 284 g/mol. The van der Waals surface area contributed by atoms with Crippen molar-refractivity contribution in [1.29, 1.82) is 21.0 Å². The van der Waals surface area contributed by atoms with Crippen LogP contribution in [0.25, 0.3) is 0 Å². The van der Waals surface area contributed by atoms with Gasteiger partial charge in [0.25, 0.3) is 0 Å². The van der Waals surface area contributed by atoms with Gasteiger partial charge in [0.2, 0.25) is 0 Å². The maximum Gasteiger partial charge on any atom is 0.162 e. The Labute approximate surface area is 126 Å². The average Bonchev–Trinajstić information content (AvgIpc) is 2.53. The number of hydrogen-bond donors (Lipinski definition) is 1. The zero-order valence-corrected chi connectivity index (χ0v) is 12.7. The van der Waals surface area contributed by atoms with Crippen LogP contribution in [0.15, 0.2) is 0 Å². The fraction of sp³-hybridized carbons (Fsp3) is 0.733. The van der Waals surface area contributed by atoms with Gasteiger partial charge in [-0.25, -0.2) is 10.4 Å². The highest BCUT2D eigenvalue weighted by molar-refractivity contribution is 5.30. The lowest BCUT2D eigenvalue weighted by atomic mass is 9.57. The van der Waals surface area contributed by atoms with E-state index < -0.39 is 10.8 Å². The van der Waals surface area contributed by atoms with Crippen LogP contribution in [0.5, 0.6) is 0 Å². The molecular weight excluding hydrogens is 264 g/mol. The van der Waals surface area contributed by atoms with Crippen LogP contribution in [0, 0.1) is 62.1 Å². The third kappa shape index (κ3) is 2.84. The molecule has 0 aromatic heterocycles. The number of nitriles is 4.